The van der Waals surface area contributed by atoms with Crippen LogP contribution in [0.15, 0.2) is 53.4 Å². The average Bonchev–Trinajstić information content (AvgIpc) is 3.00. The molecule has 0 radical (unpaired) electrons. The molecule has 15 heteroatoms. The average molecular weight is 641 g/mol. The van der Waals surface area contributed by atoms with Crippen LogP contribution in [0.5, 0.6) is 5.75 Å². The van der Waals surface area contributed by atoms with Crippen LogP contribution in [0.1, 0.15) is 50.2 Å². The van der Waals surface area contributed by atoms with E-state index in [1.807, 2.05) is 0 Å². The first kappa shape index (κ1) is 33.4. The quantitative estimate of drug-likeness (QED) is 0.182. The molecule has 4 rings (SSSR count). The Morgan fingerprint density at radius 2 is 1.51 bits per heavy atom. The maximum absolute atomic E-state index is 12.3. The second kappa shape index (κ2) is 15.0. The summed E-state index contributed by atoms with van der Waals surface area (Å²) in [6.07, 6.45) is 5.39. The maximum atomic E-state index is 12.3. The lowest BCUT2D eigenvalue weighted by atomic mass is 9.85. The molecule has 0 aliphatic heterocycles. The van der Waals surface area contributed by atoms with Crippen molar-refractivity contribution in [2.45, 2.75) is 69.0 Å². The van der Waals surface area contributed by atoms with Crippen LogP contribution in [0.4, 0.5) is 22.6 Å². The van der Waals surface area contributed by atoms with Gasteiger partial charge in [0.15, 0.2) is 0 Å². The van der Waals surface area contributed by atoms with Crippen LogP contribution in [-0.4, -0.2) is 71.6 Å². The number of rotatable bonds is 13. The molecule has 6 N–H and O–H groups in total. The smallest absolute Gasteiger partial charge is 0.414 e. The van der Waals surface area contributed by atoms with Gasteiger partial charge in [0, 0.05) is 33.1 Å². The number of carboxylic acid groups (broad SMARTS) is 1. The van der Waals surface area contributed by atoms with E-state index in [2.05, 4.69) is 37.8 Å². The van der Waals surface area contributed by atoms with Gasteiger partial charge in [-0.3, -0.25) is 0 Å². The third kappa shape index (κ3) is 10.0. The summed E-state index contributed by atoms with van der Waals surface area (Å²) in [5.74, 6) is 0.277. The van der Waals surface area contributed by atoms with Crippen LogP contribution < -0.4 is 25.8 Å². The number of carbonyl (C=O) groups is 2. The molecule has 2 atom stereocenters. The SMILES string of the molecule is CC(Nc1nc(NCc2ccc(S(N)(=O)=O)cc2)nc(N[C@@H](Cc2ccc(OC(=O)N(C)C)cc2)C(=O)O)n1)C1CCCCC1. The monoisotopic (exact) mass is 640 g/mol. The Morgan fingerprint density at radius 3 is 2.09 bits per heavy atom. The highest BCUT2D eigenvalue weighted by atomic mass is 32.2. The predicted molar refractivity (Wildman–Crippen MR) is 170 cm³/mol. The summed E-state index contributed by atoms with van der Waals surface area (Å²) >= 11 is 0. The second-order valence-corrected chi connectivity index (χ2v) is 12.9. The van der Waals surface area contributed by atoms with Gasteiger partial charge in [-0.25, -0.2) is 23.1 Å². The number of hydrogen-bond donors (Lipinski definition) is 5. The molecule has 1 aromatic heterocycles. The van der Waals surface area contributed by atoms with Crippen LogP contribution >= 0.6 is 0 Å². The number of carbonyl (C=O) groups excluding carboxylic acids is 1. The van der Waals surface area contributed by atoms with E-state index in [9.17, 15) is 23.1 Å². The van der Waals surface area contributed by atoms with E-state index < -0.39 is 28.1 Å². The first-order valence-corrected chi connectivity index (χ1v) is 16.3. The molecular formula is C30H40N8O6S. The van der Waals surface area contributed by atoms with Crippen LogP contribution in [-0.2, 0) is 27.8 Å². The first-order valence-electron chi connectivity index (χ1n) is 14.7. The summed E-state index contributed by atoms with van der Waals surface area (Å²) < 4.78 is 28.4. The Labute approximate surface area is 262 Å². The topological polar surface area (TPSA) is 202 Å². The third-order valence-electron chi connectivity index (χ3n) is 7.59. The number of primary sulfonamides is 1. The van der Waals surface area contributed by atoms with Gasteiger partial charge in [-0.05, 0) is 61.1 Å². The number of anilines is 3. The number of aromatic nitrogens is 3. The lowest BCUT2D eigenvalue weighted by Crippen LogP contribution is -2.33. The van der Waals surface area contributed by atoms with Crippen molar-refractivity contribution in [1.29, 1.82) is 0 Å². The molecule has 45 heavy (non-hydrogen) atoms. The fraction of sp³-hybridized carbons (Fsp3) is 0.433. The number of hydrogen-bond acceptors (Lipinski definition) is 11. The number of amides is 1. The summed E-state index contributed by atoms with van der Waals surface area (Å²) in [5.41, 5.74) is 1.45. The van der Waals surface area contributed by atoms with Crippen molar-refractivity contribution >= 4 is 39.9 Å². The fourth-order valence-electron chi connectivity index (χ4n) is 5.00. The zero-order valence-electron chi connectivity index (χ0n) is 25.6. The highest BCUT2D eigenvalue weighted by molar-refractivity contribution is 7.89. The normalized spacial score (nSPS) is 15.0. The van der Waals surface area contributed by atoms with Gasteiger partial charge in [-0.1, -0.05) is 43.5 Å². The molecule has 1 amide bonds. The van der Waals surface area contributed by atoms with Crippen molar-refractivity contribution in [2.24, 2.45) is 11.1 Å². The van der Waals surface area contributed by atoms with E-state index in [0.717, 1.165) is 18.4 Å². The predicted octanol–water partition coefficient (Wildman–Crippen LogP) is 3.68. The van der Waals surface area contributed by atoms with Crippen LogP contribution in [0.3, 0.4) is 0 Å². The number of nitrogens with zero attached hydrogens (tertiary/aromatic N) is 4. The standard InChI is InChI=1S/C30H40N8O6S/c1-19(22-7-5-4-6-8-22)33-28-35-27(32-18-21-11-15-24(16-12-21)45(31,42)43)36-29(37-28)34-25(26(39)40)17-20-9-13-23(14-10-20)44-30(41)38(2)3/h9-16,19,22,25H,4-8,17-18H2,1-3H3,(H,39,40)(H2,31,42,43)(H3,32,33,34,35,36,37)/t19?,25-/m0/s1. The lowest BCUT2D eigenvalue weighted by Gasteiger charge is -2.28. The zero-order chi connectivity index (χ0) is 32.6. The minimum Gasteiger partial charge on any atom is -0.480 e. The molecule has 242 valence electrons. The molecule has 0 spiro atoms. The summed E-state index contributed by atoms with van der Waals surface area (Å²) in [6, 6.07) is 11.7. The molecule has 1 aliphatic carbocycles. The van der Waals surface area contributed by atoms with E-state index in [-0.39, 0.29) is 35.8 Å². The van der Waals surface area contributed by atoms with Gasteiger partial charge in [0.2, 0.25) is 27.9 Å². The van der Waals surface area contributed by atoms with E-state index in [0.29, 0.717) is 23.2 Å². The van der Waals surface area contributed by atoms with E-state index >= 15 is 0 Å². The van der Waals surface area contributed by atoms with Crippen molar-refractivity contribution in [3.05, 3.63) is 59.7 Å². The van der Waals surface area contributed by atoms with Gasteiger partial charge in [0.05, 0.1) is 4.90 Å². The number of sulfonamides is 1. The molecule has 0 saturated heterocycles. The molecule has 1 unspecified atom stereocenters. The number of nitrogens with one attached hydrogen (secondary N) is 3. The third-order valence-corrected chi connectivity index (χ3v) is 8.52. The van der Waals surface area contributed by atoms with Gasteiger partial charge in [-0.2, -0.15) is 15.0 Å². The minimum atomic E-state index is -3.81. The van der Waals surface area contributed by atoms with Crippen molar-refractivity contribution in [1.82, 2.24) is 19.9 Å². The number of benzene rings is 2. The lowest BCUT2D eigenvalue weighted by molar-refractivity contribution is -0.137. The second-order valence-electron chi connectivity index (χ2n) is 11.3. The molecular weight excluding hydrogens is 600 g/mol. The highest BCUT2D eigenvalue weighted by Crippen LogP contribution is 2.28. The van der Waals surface area contributed by atoms with Crippen molar-refractivity contribution in [3.63, 3.8) is 0 Å². The number of aliphatic carboxylic acids is 1. The van der Waals surface area contributed by atoms with Gasteiger partial charge < -0.3 is 30.7 Å². The Hall–Kier alpha value is -4.50. The highest BCUT2D eigenvalue weighted by Gasteiger charge is 2.23. The van der Waals surface area contributed by atoms with Crippen LogP contribution in [0.2, 0.25) is 0 Å². The number of carboxylic acids is 1. The van der Waals surface area contributed by atoms with Crippen molar-refractivity contribution in [3.8, 4) is 5.75 Å². The molecule has 1 saturated carbocycles. The number of nitrogens with two attached hydrogens (primary N) is 1. The van der Waals surface area contributed by atoms with Gasteiger partial charge in [-0.15, -0.1) is 0 Å². The Kier molecular flexibility index (Phi) is 11.1. The molecule has 2 aromatic carbocycles. The Balaban J connectivity index is 1.52. The summed E-state index contributed by atoms with van der Waals surface area (Å²) in [7, 11) is -0.656. The molecule has 0 bridgehead atoms. The van der Waals surface area contributed by atoms with Gasteiger partial charge in [0.25, 0.3) is 0 Å². The Morgan fingerprint density at radius 1 is 0.933 bits per heavy atom. The molecule has 14 nitrogen and oxygen atoms in total. The van der Waals surface area contributed by atoms with Crippen molar-refractivity contribution < 1.29 is 27.9 Å². The van der Waals surface area contributed by atoms with Gasteiger partial charge >= 0.3 is 12.1 Å². The minimum absolute atomic E-state index is 0.00464. The zero-order valence-corrected chi connectivity index (χ0v) is 26.4. The fourth-order valence-corrected chi connectivity index (χ4v) is 5.51. The number of ether oxygens (including phenoxy) is 1. The van der Waals surface area contributed by atoms with Crippen molar-refractivity contribution in [2.75, 3.05) is 30.0 Å². The molecule has 1 aliphatic rings. The maximum Gasteiger partial charge on any atom is 0.414 e. The van der Waals surface area contributed by atoms with E-state index in [1.54, 1.807) is 50.5 Å². The van der Waals surface area contributed by atoms with E-state index in [1.165, 1.54) is 36.3 Å². The van der Waals surface area contributed by atoms with Gasteiger partial charge in [0.1, 0.15) is 11.8 Å². The molecule has 1 fully saturated rings. The molecule has 3 aromatic rings. The summed E-state index contributed by atoms with van der Waals surface area (Å²) in [4.78, 5) is 38.8. The largest absolute Gasteiger partial charge is 0.480 e. The van der Waals surface area contributed by atoms with E-state index in [4.69, 9.17) is 9.88 Å². The summed E-state index contributed by atoms with van der Waals surface area (Å²) in [6.45, 7) is 2.35. The van der Waals surface area contributed by atoms with Crippen LogP contribution in [0, 0.1) is 5.92 Å². The molecule has 1 heterocycles. The summed E-state index contributed by atoms with van der Waals surface area (Å²) in [5, 5.41) is 24.7. The first-order chi connectivity index (χ1) is 21.4. The Bertz CT molecular complexity index is 1560. The van der Waals surface area contributed by atoms with Crippen LogP contribution in [0.25, 0.3) is 0 Å².